The van der Waals surface area contributed by atoms with Crippen LogP contribution in [0.15, 0.2) is 16.5 Å². The third-order valence-electron chi connectivity index (χ3n) is 3.33. The molecule has 19 heavy (non-hydrogen) atoms. The molecule has 0 radical (unpaired) electrons. The Morgan fingerprint density at radius 1 is 1.58 bits per heavy atom. The molecule has 1 aliphatic rings. The molecule has 2 rings (SSSR count). The Kier molecular flexibility index (Phi) is 3.59. The zero-order valence-electron chi connectivity index (χ0n) is 10.5. The van der Waals surface area contributed by atoms with E-state index >= 15 is 0 Å². The summed E-state index contributed by atoms with van der Waals surface area (Å²) >= 11 is 0. The van der Waals surface area contributed by atoms with E-state index < -0.39 is 11.4 Å². The van der Waals surface area contributed by atoms with E-state index in [1.54, 1.807) is 6.92 Å². The smallest absolute Gasteiger partial charge is 0.371 e. The van der Waals surface area contributed by atoms with Crippen molar-refractivity contribution in [3.63, 3.8) is 0 Å². The molecule has 2 heterocycles. The van der Waals surface area contributed by atoms with Crippen molar-refractivity contribution in [2.75, 3.05) is 13.2 Å². The minimum absolute atomic E-state index is 0.119. The summed E-state index contributed by atoms with van der Waals surface area (Å²) in [5.74, 6) is -1.15. The molecule has 0 saturated carbocycles. The minimum atomic E-state index is -1.14. The molecule has 0 spiro atoms. The van der Waals surface area contributed by atoms with Gasteiger partial charge in [0.2, 0.25) is 11.7 Å². The van der Waals surface area contributed by atoms with Crippen molar-refractivity contribution >= 4 is 11.9 Å². The van der Waals surface area contributed by atoms with Crippen LogP contribution in [0.25, 0.3) is 0 Å². The van der Waals surface area contributed by atoms with Crippen molar-refractivity contribution in [3.05, 3.63) is 23.7 Å². The standard InChI is InChI=1S/C12H16N2O5/c1-12(6-18-5-9(12)13)11(17)14-4-7-2-3-8(19-7)10(15)16/h2-3,9H,4-6,13H2,1H3,(H,14,17)(H,15,16). The highest BCUT2D eigenvalue weighted by atomic mass is 16.5. The molecule has 1 aromatic heterocycles. The topological polar surface area (TPSA) is 115 Å². The number of ether oxygens (including phenoxy) is 1. The summed E-state index contributed by atoms with van der Waals surface area (Å²) in [6.45, 7) is 2.49. The molecular weight excluding hydrogens is 252 g/mol. The maximum absolute atomic E-state index is 12.1. The highest BCUT2D eigenvalue weighted by Crippen LogP contribution is 2.27. The van der Waals surface area contributed by atoms with Crippen LogP contribution in [-0.4, -0.2) is 36.2 Å². The quantitative estimate of drug-likeness (QED) is 0.705. The first-order chi connectivity index (χ1) is 8.93. The number of carboxylic acids is 1. The fraction of sp³-hybridized carbons (Fsp3) is 0.500. The number of hydrogen-bond donors (Lipinski definition) is 3. The number of carboxylic acid groups (broad SMARTS) is 1. The van der Waals surface area contributed by atoms with Crippen molar-refractivity contribution in [1.29, 1.82) is 0 Å². The molecule has 1 amide bonds. The van der Waals surface area contributed by atoms with Crippen LogP contribution in [0.3, 0.4) is 0 Å². The SMILES string of the molecule is CC1(C(=O)NCc2ccc(C(=O)O)o2)COCC1N. The Labute approximate surface area is 109 Å². The first-order valence-corrected chi connectivity index (χ1v) is 5.87. The summed E-state index contributed by atoms with van der Waals surface area (Å²) in [6.07, 6.45) is 0. The van der Waals surface area contributed by atoms with E-state index in [9.17, 15) is 9.59 Å². The summed E-state index contributed by atoms with van der Waals surface area (Å²) in [5, 5.41) is 11.4. The third-order valence-corrected chi connectivity index (χ3v) is 3.33. The Hall–Kier alpha value is -1.86. The van der Waals surface area contributed by atoms with E-state index in [0.29, 0.717) is 12.4 Å². The Morgan fingerprint density at radius 3 is 2.84 bits per heavy atom. The van der Waals surface area contributed by atoms with Crippen molar-refractivity contribution in [3.8, 4) is 0 Å². The maximum atomic E-state index is 12.1. The molecular formula is C12H16N2O5. The molecule has 0 bridgehead atoms. The lowest BCUT2D eigenvalue weighted by Crippen LogP contribution is -2.49. The van der Waals surface area contributed by atoms with Gasteiger partial charge in [-0.3, -0.25) is 4.79 Å². The van der Waals surface area contributed by atoms with Crippen LogP contribution in [0.5, 0.6) is 0 Å². The average Bonchev–Trinajstić information content (AvgIpc) is 2.95. The van der Waals surface area contributed by atoms with E-state index in [0.717, 1.165) is 0 Å². The highest BCUT2D eigenvalue weighted by molar-refractivity contribution is 5.84. The molecule has 1 saturated heterocycles. The first-order valence-electron chi connectivity index (χ1n) is 5.87. The van der Waals surface area contributed by atoms with Gasteiger partial charge in [0.25, 0.3) is 0 Å². The van der Waals surface area contributed by atoms with Crippen LogP contribution in [-0.2, 0) is 16.1 Å². The highest BCUT2D eigenvalue weighted by Gasteiger charge is 2.44. The number of nitrogens with two attached hydrogens (primary N) is 1. The van der Waals surface area contributed by atoms with Crippen LogP contribution in [0.4, 0.5) is 0 Å². The number of furan rings is 1. The van der Waals surface area contributed by atoms with Gasteiger partial charge in [-0.2, -0.15) is 0 Å². The second kappa shape index (κ2) is 5.02. The van der Waals surface area contributed by atoms with Gasteiger partial charge in [-0.15, -0.1) is 0 Å². The lowest BCUT2D eigenvalue weighted by molar-refractivity contribution is -0.130. The minimum Gasteiger partial charge on any atom is -0.475 e. The lowest BCUT2D eigenvalue weighted by Gasteiger charge is -2.25. The second-order valence-electron chi connectivity index (χ2n) is 4.79. The summed E-state index contributed by atoms with van der Waals surface area (Å²) in [5.41, 5.74) is 5.08. The molecule has 0 aromatic carbocycles. The monoisotopic (exact) mass is 268 g/mol. The summed E-state index contributed by atoms with van der Waals surface area (Å²) in [7, 11) is 0. The predicted octanol–water partition coefficient (Wildman–Crippen LogP) is -0.0422. The van der Waals surface area contributed by atoms with E-state index in [-0.39, 0.29) is 30.9 Å². The molecule has 1 fully saturated rings. The Morgan fingerprint density at radius 2 is 2.32 bits per heavy atom. The molecule has 1 aromatic rings. The van der Waals surface area contributed by atoms with E-state index in [1.807, 2.05) is 0 Å². The molecule has 4 N–H and O–H groups in total. The van der Waals surface area contributed by atoms with Gasteiger partial charge in [0, 0.05) is 6.04 Å². The molecule has 104 valence electrons. The number of hydrogen-bond acceptors (Lipinski definition) is 5. The maximum Gasteiger partial charge on any atom is 0.371 e. The van der Waals surface area contributed by atoms with Gasteiger partial charge in [0.15, 0.2) is 0 Å². The van der Waals surface area contributed by atoms with E-state index in [1.165, 1.54) is 12.1 Å². The molecule has 2 unspecified atom stereocenters. The molecule has 7 heteroatoms. The summed E-state index contributed by atoms with van der Waals surface area (Å²) in [4.78, 5) is 22.7. The predicted molar refractivity (Wildman–Crippen MR) is 64.4 cm³/mol. The Bertz CT molecular complexity index is 498. The number of carbonyl (C=O) groups excluding carboxylic acids is 1. The van der Waals surface area contributed by atoms with E-state index in [2.05, 4.69) is 5.32 Å². The fourth-order valence-electron chi connectivity index (χ4n) is 1.88. The van der Waals surface area contributed by atoms with Crippen molar-refractivity contribution in [2.24, 2.45) is 11.1 Å². The zero-order chi connectivity index (χ0) is 14.0. The molecule has 2 atom stereocenters. The largest absolute Gasteiger partial charge is 0.475 e. The van der Waals surface area contributed by atoms with Crippen LogP contribution in [0.2, 0.25) is 0 Å². The van der Waals surface area contributed by atoms with Gasteiger partial charge in [0.1, 0.15) is 5.76 Å². The number of rotatable bonds is 4. The van der Waals surface area contributed by atoms with E-state index in [4.69, 9.17) is 20.0 Å². The van der Waals surface area contributed by atoms with Crippen LogP contribution < -0.4 is 11.1 Å². The van der Waals surface area contributed by atoms with Gasteiger partial charge in [0.05, 0.1) is 25.2 Å². The average molecular weight is 268 g/mol. The van der Waals surface area contributed by atoms with Crippen LogP contribution >= 0.6 is 0 Å². The van der Waals surface area contributed by atoms with Gasteiger partial charge < -0.3 is 25.3 Å². The number of carbonyl (C=O) groups is 2. The van der Waals surface area contributed by atoms with Gasteiger partial charge in [-0.1, -0.05) is 0 Å². The first kappa shape index (κ1) is 13.6. The van der Waals surface area contributed by atoms with Crippen molar-refractivity contribution in [2.45, 2.75) is 19.5 Å². The third kappa shape index (κ3) is 2.61. The number of aromatic carboxylic acids is 1. The number of nitrogens with one attached hydrogen (secondary N) is 1. The van der Waals surface area contributed by atoms with Gasteiger partial charge in [-0.05, 0) is 19.1 Å². The Balaban J connectivity index is 1.94. The molecule has 0 aliphatic carbocycles. The summed E-state index contributed by atoms with van der Waals surface area (Å²) < 4.78 is 10.2. The fourth-order valence-corrected chi connectivity index (χ4v) is 1.88. The van der Waals surface area contributed by atoms with Crippen molar-refractivity contribution < 1.29 is 23.8 Å². The molecule has 7 nitrogen and oxygen atoms in total. The van der Waals surface area contributed by atoms with Gasteiger partial charge >= 0.3 is 5.97 Å². The lowest BCUT2D eigenvalue weighted by atomic mass is 9.85. The van der Waals surface area contributed by atoms with Crippen LogP contribution in [0, 0.1) is 5.41 Å². The second-order valence-corrected chi connectivity index (χ2v) is 4.79. The zero-order valence-corrected chi connectivity index (χ0v) is 10.5. The van der Waals surface area contributed by atoms with Crippen molar-refractivity contribution in [1.82, 2.24) is 5.32 Å². The normalized spacial score (nSPS) is 26.3. The number of amides is 1. The molecule has 1 aliphatic heterocycles. The van der Waals surface area contributed by atoms with Gasteiger partial charge in [-0.25, -0.2) is 4.79 Å². The van der Waals surface area contributed by atoms with Crippen LogP contribution in [0.1, 0.15) is 23.2 Å². The summed E-state index contributed by atoms with van der Waals surface area (Å²) in [6, 6.07) is 2.51.